The van der Waals surface area contributed by atoms with Crippen molar-refractivity contribution in [3.05, 3.63) is 58.0 Å². The van der Waals surface area contributed by atoms with Gasteiger partial charge in [0, 0.05) is 42.4 Å². The molecule has 3 heterocycles. The molecule has 2 bridgehead atoms. The molecule has 2 aromatic rings. The molecular formula is C21H23N3O2. The molecule has 3 aliphatic rings. The zero-order valence-corrected chi connectivity index (χ0v) is 14.7. The third-order valence-electron chi connectivity index (χ3n) is 5.83. The van der Waals surface area contributed by atoms with Crippen LogP contribution in [0.2, 0.25) is 0 Å². The van der Waals surface area contributed by atoms with E-state index in [2.05, 4.69) is 16.7 Å². The Bertz CT molecular complexity index is 929. The zero-order chi connectivity index (χ0) is 17.7. The van der Waals surface area contributed by atoms with Crippen LogP contribution in [0.15, 0.2) is 41.2 Å². The van der Waals surface area contributed by atoms with E-state index in [9.17, 15) is 9.59 Å². The maximum Gasteiger partial charge on any atom is 0.251 e. The number of carbonyl (C=O) groups excluding carboxylic acids is 1. The van der Waals surface area contributed by atoms with Crippen LogP contribution in [-0.4, -0.2) is 29.6 Å². The van der Waals surface area contributed by atoms with Gasteiger partial charge in [-0.1, -0.05) is 12.1 Å². The van der Waals surface area contributed by atoms with Crippen molar-refractivity contribution in [3.63, 3.8) is 0 Å². The van der Waals surface area contributed by atoms with E-state index in [-0.39, 0.29) is 11.5 Å². The van der Waals surface area contributed by atoms with Gasteiger partial charge in [0.25, 0.3) is 11.5 Å². The molecule has 1 aliphatic carbocycles. The van der Waals surface area contributed by atoms with E-state index in [4.69, 9.17) is 0 Å². The summed E-state index contributed by atoms with van der Waals surface area (Å²) in [6, 6.07) is 11.8. The predicted molar refractivity (Wildman–Crippen MR) is 100 cm³/mol. The van der Waals surface area contributed by atoms with Crippen molar-refractivity contribution < 1.29 is 4.79 Å². The Balaban J connectivity index is 1.51. The molecule has 0 spiro atoms. The van der Waals surface area contributed by atoms with Gasteiger partial charge >= 0.3 is 0 Å². The molecule has 26 heavy (non-hydrogen) atoms. The van der Waals surface area contributed by atoms with Crippen LogP contribution in [0.3, 0.4) is 0 Å². The predicted octanol–water partition coefficient (Wildman–Crippen LogP) is 2.11. The Labute approximate surface area is 152 Å². The molecule has 0 unspecified atom stereocenters. The second-order valence-corrected chi connectivity index (χ2v) is 7.90. The van der Waals surface area contributed by atoms with Crippen LogP contribution in [0.5, 0.6) is 0 Å². The Morgan fingerprint density at radius 2 is 2.00 bits per heavy atom. The largest absolute Gasteiger partial charge is 0.349 e. The van der Waals surface area contributed by atoms with Crippen LogP contribution in [0.4, 0.5) is 0 Å². The van der Waals surface area contributed by atoms with Gasteiger partial charge in [-0.05, 0) is 61.1 Å². The summed E-state index contributed by atoms with van der Waals surface area (Å²) in [4.78, 5) is 25.1. The summed E-state index contributed by atoms with van der Waals surface area (Å²) in [5, 5.41) is 6.51. The molecule has 5 heteroatoms. The Morgan fingerprint density at radius 3 is 2.85 bits per heavy atom. The van der Waals surface area contributed by atoms with E-state index in [0.717, 1.165) is 55.7 Å². The van der Waals surface area contributed by atoms with E-state index < -0.39 is 0 Å². The van der Waals surface area contributed by atoms with E-state index in [1.54, 1.807) is 6.07 Å². The van der Waals surface area contributed by atoms with Crippen molar-refractivity contribution in [2.45, 2.75) is 37.8 Å². The van der Waals surface area contributed by atoms with E-state index in [0.29, 0.717) is 23.4 Å². The molecule has 0 radical (unpaired) electrons. The van der Waals surface area contributed by atoms with Gasteiger partial charge < -0.3 is 15.2 Å². The van der Waals surface area contributed by atoms with Crippen LogP contribution < -0.4 is 16.2 Å². The Hall–Kier alpha value is -2.40. The first-order valence-electron chi connectivity index (χ1n) is 9.54. The summed E-state index contributed by atoms with van der Waals surface area (Å²) in [5.41, 5.74) is 3.70. The number of carbonyl (C=O) groups is 1. The first kappa shape index (κ1) is 15.8. The average Bonchev–Trinajstić information content (AvgIpc) is 3.47. The smallest absolute Gasteiger partial charge is 0.251 e. The van der Waals surface area contributed by atoms with Gasteiger partial charge in [0.1, 0.15) is 0 Å². The Morgan fingerprint density at radius 1 is 1.12 bits per heavy atom. The highest BCUT2D eigenvalue weighted by atomic mass is 16.1. The number of amides is 1. The Kier molecular flexibility index (Phi) is 3.71. The molecule has 134 valence electrons. The number of rotatable bonds is 3. The molecule has 2 atom stereocenters. The van der Waals surface area contributed by atoms with Crippen molar-refractivity contribution in [2.24, 2.45) is 5.92 Å². The molecule has 1 amide bonds. The average molecular weight is 349 g/mol. The third-order valence-corrected chi connectivity index (χ3v) is 5.83. The summed E-state index contributed by atoms with van der Waals surface area (Å²) < 4.78 is 1.95. The number of fused-ring (bicyclic) bond motifs is 4. The number of nitrogens with one attached hydrogen (secondary N) is 2. The fourth-order valence-electron chi connectivity index (χ4n) is 4.31. The lowest BCUT2D eigenvalue weighted by molar-refractivity contribution is 0.0951. The normalized spacial score (nSPS) is 24.0. The van der Waals surface area contributed by atoms with Gasteiger partial charge in [-0.25, -0.2) is 0 Å². The van der Waals surface area contributed by atoms with Crippen LogP contribution in [-0.2, 0) is 6.54 Å². The number of piperidine rings is 1. The molecule has 1 aromatic carbocycles. The van der Waals surface area contributed by atoms with Gasteiger partial charge in [-0.2, -0.15) is 0 Å². The second kappa shape index (κ2) is 6.09. The standard InChI is InChI=1S/C21H23N3O2/c25-20-9-16(8-19-17-6-13(10-22-11-17)12-24(19)20)14-2-1-3-15(7-14)21(26)23-18-4-5-18/h1-3,7-9,13,17-18,22H,4-6,10-12H2,(H,23,26)/t13-,17+/m0/s1. The summed E-state index contributed by atoms with van der Waals surface area (Å²) in [6.45, 7) is 2.74. The zero-order valence-electron chi connectivity index (χ0n) is 14.7. The highest BCUT2D eigenvalue weighted by Crippen LogP contribution is 2.33. The van der Waals surface area contributed by atoms with Crippen molar-refractivity contribution in [3.8, 4) is 11.1 Å². The van der Waals surface area contributed by atoms with Crippen LogP contribution >= 0.6 is 0 Å². The molecule has 2 fully saturated rings. The molecule has 5 nitrogen and oxygen atoms in total. The lowest BCUT2D eigenvalue weighted by Gasteiger charge is -2.37. The number of hydrogen-bond donors (Lipinski definition) is 2. The number of aromatic nitrogens is 1. The molecule has 1 saturated carbocycles. The minimum absolute atomic E-state index is 0.0247. The molecule has 1 aromatic heterocycles. The summed E-state index contributed by atoms with van der Waals surface area (Å²) in [5.74, 6) is 0.930. The SMILES string of the molecule is O=C(NC1CC1)c1cccc(-c2cc3n(c(=O)c2)C[C@@H]2CNC[C@H]3C2)c1. The first-order chi connectivity index (χ1) is 12.7. The van der Waals surface area contributed by atoms with Gasteiger partial charge in [-0.15, -0.1) is 0 Å². The molecular weight excluding hydrogens is 326 g/mol. The molecule has 2 aliphatic heterocycles. The topological polar surface area (TPSA) is 63.1 Å². The van der Waals surface area contributed by atoms with Crippen molar-refractivity contribution in [1.82, 2.24) is 15.2 Å². The van der Waals surface area contributed by atoms with Crippen molar-refractivity contribution >= 4 is 5.91 Å². The van der Waals surface area contributed by atoms with Gasteiger partial charge in [0.2, 0.25) is 0 Å². The minimum Gasteiger partial charge on any atom is -0.349 e. The van der Waals surface area contributed by atoms with Crippen LogP contribution in [0.25, 0.3) is 11.1 Å². The monoisotopic (exact) mass is 349 g/mol. The molecule has 5 rings (SSSR count). The maximum atomic E-state index is 12.7. The highest BCUT2D eigenvalue weighted by molar-refractivity contribution is 5.95. The van der Waals surface area contributed by atoms with Crippen molar-refractivity contribution in [2.75, 3.05) is 13.1 Å². The lowest BCUT2D eigenvalue weighted by Crippen LogP contribution is -2.44. The van der Waals surface area contributed by atoms with Crippen LogP contribution in [0.1, 0.15) is 41.2 Å². The van der Waals surface area contributed by atoms with Gasteiger partial charge in [0.05, 0.1) is 0 Å². The van der Waals surface area contributed by atoms with Crippen molar-refractivity contribution in [1.29, 1.82) is 0 Å². The molecule has 2 N–H and O–H groups in total. The number of benzene rings is 1. The first-order valence-corrected chi connectivity index (χ1v) is 9.54. The van der Waals surface area contributed by atoms with E-state index >= 15 is 0 Å². The quantitative estimate of drug-likeness (QED) is 0.892. The second-order valence-electron chi connectivity index (χ2n) is 7.90. The highest BCUT2D eigenvalue weighted by Gasteiger charge is 2.31. The fourth-order valence-corrected chi connectivity index (χ4v) is 4.31. The van der Waals surface area contributed by atoms with E-state index in [1.165, 1.54) is 0 Å². The molecule has 1 saturated heterocycles. The minimum atomic E-state index is -0.0247. The number of pyridine rings is 1. The maximum absolute atomic E-state index is 12.7. The van der Waals surface area contributed by atoms with Crippen LogP contribution in [0, 0.1) is 5.92 Å². The van der Waals surface area contributed by atoms with Gasteiger partial charge in [-0.3, -0.25) is 9.59 Å². The number of hydrogen-bond acceptors (Lipinski definition) is 3. The summed E-state index contributed by atoms with van der Waals surface area (Å²) in [6.07, 6.45) is 3.30. The van der Waals surface area contributed by atoms with Gasteiger partial charge in [0.15, 0.2) is 0 Å². The van der Waals surface area contributed by atoms with E-state index in [1.807, 2.05) is 28.8 Å². The third kappa shape index (κ3) is 2.86. The lowest BCUT2D eigenvalue weighted by atomic mass is 9.83. The summed E-state index contributed by atoms with van der Waals surface area (Å²) >= 11 is 0. The number of nitrogens with zero attached hydrogens (tertiary/aromatic N) is 1. The summed E-state index contributed by atoms with van der Waals surface area (Å²) in [7, 11) is 0. The fraction of sp³-hybridized carbons (Fsp3) is 0.429.